The van der Waals surface area contributed by atoms with E-state index in [1.807, 2.05) is 31.4 Å². The van der Waals surface area contributed by atoms with Crippen LogP contribution in [0.2, 0.25) is 0 Å². The SMILES string of the molecule is Cc1cc(C)c(-c2ccsc2C(N)=O)c(C(=O)C2CCCCC2)c1. The molecule has 0 radical (unpaired) electrons. The van der Waals surface area contributed by atoms with Crippen LogP contribution in [0.3, 0.4) is 0 Å². The zero-order valence-electron chi connectivity index (χ0n) is 14.2. The van der Waals surface area contributed by atoms with Gasteiger partial charge in [0.15, 0.2) is 5.78 Å². The van der Waals surface area contributed by atoms with Gasteiger partial charge in [-0.1, -0.05) is 30.9 Å². The van der Waals surface area contributed by atoms with Gasteiger partial charge in [0.25, 0.3) is 5.91 Å². The Hall–Kier alpha value is -1.94. The summed E-state index contributed by atoms with van der Waals surface area (Å²) in [6, 6.07) is 5.94. The highest BCUT2D eigenvalue weighted by Gasteiger charge is 2.27. The first-order valence-corrected chi connectivity index (χ1v) is 9.40. The van der Waals surface area contributed by atoms with Crippen molar-refractivity contribution in [3.05, 3.63) is 45.1 Å². The maximum Gasteiger partial charge on any atom is 0.259 e. The van der Waals surface area contributed by atoms with Crippen LogP contribution in [0.5, 0.6) is 0 Å². The minimum absolute atomic E-state index is 0.106. The second-order valence-corrected chi connectivity index (χ2v) is 7.65. The molecule has 3 nitrogen and oxygen atoms in total. The van der Waals surface area contributed by atoms with Crippen LogP contribution in [0.4, 0.5) is 0 Å². The molecular weight excluding hydrogens is 318 g/mol. The van der Waals surface area contributed by atoms with E-state index in [1.54, 1.807) is 0 Å². The number of ketones is 1. The normalized spacial score (nSPS) is 15.4. The molecule has 0 atom stereocenters. The number of carbonyl (C=O) groups is 2. The van der Waals surface area contributed by atoms with Crippen LogP contribution in [-0.2, 0) is 0 Å². The van der Waals surface area contributed by atoms with E-state index in [0.29, 0.717) is 4.88 Å². The Morgan fingerprint density at radius 1 is 1.12 bits per heavy atom. The lowest BCUT2D eigenvalue weighted by atomic mass is 9.80. The number of thiophene rings is 1. The van der Waals surface area contributed by atoms with Crippen molar-refractivity contribution in [3.63, 3.8) is 0 Å². The molecule has 1 aliphatic carbocycles. The number of carbonyl (C=O) groups excluding carboxylic acids is 2. The molecule has 0 aliphatic heterocycles. The first-order chi connectivity index (χ1) is 11.5. The summed E-state index contributed by atoms with van der Waals surface area (Å²) in [4.78, 5) is 25.5. The second kappa shape index (κ2) is 6.89. The minimum atomic E-state index is -0.434. The van der Waals surface area contributed by atoms with Crippen molar-refractivity contribution in [1.29, 1.82) is 0 Å². The van der Waals surface area contributed by atoms with Crippen molar-refractivity contribution < 1.29 is 9.59 Å². The van der Waals surface area contributed by atoms with Gasteiger partial charge in [-0.15, -0.1) is 11.3 Å². The molecule has 1 aromatic heterocycles. The Labute approximate surface area is 146 Å². The maximum atomic E-state index is 13.2. The molecule has 1 fully saturated rings. The Morgan fingerprint density at radius 2 is 1.83 bits per heavy atom. The minimum Gasteiger partial charge on any atom is -0.365 e. The largest absolute Gasteiger partial charge is 0.365 e. The lowest BCUT2D eigenvalue weighted by Crippen LogP contribution is -2.19. The summed E-state index contributed by atoms with van der Waals surface area (Å²) >= 11 is 1.34. The highest BCUT2D eigenvalue weighted by Crippen LogP contribution is 2.37. The monoisotopic (exact) mass is 341 g/mol. The molecule has 126 valence electrons. The van der Waals surface area contributed by atoms with Gasteiger partial charge in [-0.25, -0.2) is 0 Å². The summed E-state index contributed by atoms with van der Waals surface area (Å²) in [6.45, 7) is 4.01. The molecule has 0 saturated heterocycles. The van der Waals surface area contributed by atoms with E-state index in [-0.39, 0.29) is 11.7 Å². The van der Waals surface area contributed by atoms with Crippen molar-refractivity contribution in [2.24, 2.45) is 11.7 Å². The van der Waals surface area contributed by atoms with Gasteiger partial charge < -0.3 is 5.73 Å². The van der Waals surface area contributed by atoms with Gasteiger partial charge in [-0.2, -0.15) is 0 Å². The Balaban J connectivity index is 2.13. The first kappa shape index (κ1) is 16.9. The molecule has 24 heavy (non-hydrogen) atoms. The number of hydrogen-bond donors (Lipinski definition) is 1. The van der Waals surface area contributed by atoms with E-state index in [9.17, 15) is 9.59 Å². The molecule has 0 unspecified atom stereocenters. The van der Waals surface area contributed by atoms with Gasteiger partial charge in [0, 0.05) is 17.0 Å². The van der Waals surface area contributed by atoms with Crippen molar-refractivity contribution in [1.82, 2.24) is 0 Å². The summed E-state index contributed by atoms with van der Waals surface area (Å²) in [5.74, 6) is -0.108. The van der Waals surface area contributed by atoms with Crippen LogP contribution in [0, 0.1) is 19.8 Å². The smallest absolute Gasteiger partial charge is 0.259 e. The summed E-state index contributed by atoms with van der Waals surface area (Å²) < 4.78 is 0. The van der Waals surface area contributed by atoms with Gasteiger partial charge in [0.1, 0.15) is 0 Å². The van der Waals surface area contributed by atoms with Gasteiger partial charge in [0.2, 0.25) is 0 Å². The van der Waals surface area contributed by atoms with E-state index >= 15 is 0 Å². The molecular formula is C20H23NO2S. The van der Waals surface area contributed by atoms with E-state index < -0.39 is 5.91 Å². The molecule has 1 saturated carbocycles. The lowest BCUT2D eigenvalue weighted by molar-refractivity contribution is 0.0889. The number of aryl methyl sites for hydroxylation is 2. The van der Waals surface area contributed by atoms with Crippen LogP contribution in [0.25, 0.3) is 11.1 Å². The Kier molecular flexibility index (Phi) is 4.86. The Morgan fingerprint density at radius 3 is 2.50 bits per heavy atom. The molecule has 1 heterocycles. The predicted octanol–water partition coefficient (Wildman–Crippen LogP) is 4.89. The van der Waals surface area contributed by atoms with Gasteiger partial charge in [-0.05, 0) is 55.3 Å². The van der Waals surface area contributed by atoms with E-state index in [1.165, 1.54) is 17.8 Å². The molecule has 1 aromatic carbocycles. The standard InChI is InChI=1S/C20H23NO2S/c1-12-10-13(2)17(15-8-9-24-19(15)20(21)23)16(11-12)18(22)14-6-4-3-5-7-14/h8-11,14H,3-7H2,1-2H3,(H2,21,23). The molecule has 2 N–H and O–H groups in total. The molecule has 3 rings (SSSR count). The van der Waals surface area contributed by atoms with Crippen molar-refractivity contribution in [3.8, 4) is 11.1 Å². The first-order valence-electron chi connectivity index (χ1n) is 8.52. The predicted molar refractivity (Wildman–Crippen MR) is 98.7 cm³/mol. The molecule has 0 spiro atoms. The van der Waals surface area contributed by atoms with Gasteiger partial charge >= 0.3 is 0 Å². The third-order valence-corrected chi connectivity index (χ3v) is 5.81. The third kappa shape index (κ3) is 3.16. The number of hydrogen-bond acceptors (Lipinski definition) is 3. The number of rotatable bonds is 4. The summed E-state index contributed by atoms with van der Waals surface area (Å²) in [5, 5.41) is 1.86. The Bertz CT molecular complexity index is 785. The fourth-order valence-corrected chi connectivity index (χ4v) is 4.55. The quantitative estimate of drug-likeness (QED) is 0.805. The van der Waals surface area contributed by atoms with Crippen molar-refractivity contribution in [2.45, 2.75) is 46.0 Å². The third-order valence-electron chi connectivity index (χ3n) is 4.88. The second-order valence-electron chi connectivity index (χ2n) is 6.73. The number of benzene rings is 1. The summed E-state index contributed by atoms with van der Waals surface area (Å²) in [6.07, 6.45) is 5.41. The molecule has 1 amide bonds. The van der Waals surface area contributed by atoms with Gasteiger partial charge in [0.05, 0.1) is 4.88 Å². The zero-order chi connectivity index (χ0) is 17.3. The summed E-state index contributed by atoms with van der Waals surface area (Å²) in [7, 11) is 0. The van der Waals surface area contributed by atoms with E-state index in [4.69, 9.17) is 5.73 Å². The number of nitrogens with two attached hydrogens (primary N) is 1. The molecule has 0 bridgehead atoms. The highest BCUT2D eigenvalue weighted by molar-refractivity contribution is 7.12. The van der Waals surface area contributed by atoms with Crippen LogP contribution in [0.1, 0.15) is 63.3 Å². The fraction of sp³-hybridized carbons (Fsp3) is 0.400. The average Bonchev–Trinajstić information content (AvgIpc) is 3.03. The number of amides is 1. The molecule has 1 aliphatic rings. The summed E-state index contributed by atoms with van der Waals surface area (Å²) in [5.41, 5.74) is 10.1. The van der Waals surface area contributed by atoms with Gasteiger partial charge in [-0.3, -0.25) is 9.59 Å². The topological polar surface area (TPSA) is 60.2 Å². The number of Topliss-reactive ketones (excluding diaryl/α,β-unsaturated/α-hetero) is 1. The van der Waals surface area contributed by atoms with Crippen LogP contribution >= 0.6 is 11.3 Å². The molecule has 4 heteroatoms. The fourth-order valence-electron chi connectivity index (χ4n) is 3.80. The average molecular weight is 341 g/mol. The zero-order valence-corrected chi connectivity index (χ0v) is 15.0. The van der Waals surface area contributed by atoms with Crippen LogP contribution in [-0.4, -0.2) is 11.7 Å². The van der Waals surface area contributed by atoms with Crippen molar-refractivity contribution in [2.75, 3.05) is 0 Å². The van der Waals surface area contributed by atoms with Crippen molar-refractivity contribution >= 4 is 23.0 Å². The highest BCUT2D eigenvalue weighted by atomic mass is 32.1. The lowest BCUT2D eigenvalue weighted by Gasteiger charge is -2.22. The van der Waals surface area contributed by atoms with Crippen LogP contribution < -0.4 is 5.73 Å². The number of primary amides is 1. The van der Waals surface area contributed by atoms with Crippen LogP contribution in [0.15, 0.2) is 23.6 Å². The van der Waals surface area contributed by atoms with E-state index in [0.717, 1.165) is 53.5 Å². The molecule has 2 aromatic rings. The van der Waals surface area contributed by atoms with E-state index in [2.05, 4.69) is 6.07 Å². The maximum absolute atomic E-state index is 13.2.